The number of nitrogens with zero attached hydrogens (tertiary/aromatic N) is 2. The molecule has 0 aromatic carbocycles. The summed E-state index contributed by atoms with van der Waals surface area (Å²) in [6.45, 7) is 4.73. The topological polar surface area (TPSA) is 138 Å². The first kappa shape index (κ1) is 19.6. The fraction of sp³-hybridized carbons (Fsp3) is 0.579. The van der Waals surface area contributed by atoms with E-state index in [0.29, 0.717) is 24.5 Å². The first-order chi connectivity index (χ1) is 13.9. The summed E-state index contributed by atoms with van der Waals surface area (Å²) in [5.74, 6) is 0. The van der Waals surface area contributed by atoms with Crippen molar-refractivity contribution in [1.29, 1.82) is 0 Å². The van der Waals surface area contributed by atoms with Gasteiger partial charge in [-0.2, -0.15) is 0 Å². The lowest BCUT2D eigenvalue weighted by Crippen LogP contribution is -2.52. The van der Waals surface area contributed by atoms with Gasteiger partial charge in [0.2, 0.25) is 0 Å². The molecule has 10 nitrogen and oxygen atoms in total. The highest BCUT2D eigenvalue weighted by Crippen LogP contribution is 2.39. The third-order valence-electron chi connectivity index (χ3n) is 5.90. The molecule has 2 aromatic heterocycles. The van der Waals surface area contributed by atoms with Crippen LogP contribution in [0.15, 0.2) is 31.3 Å². The van der Waals surface area contributed by atoms with Crippen LogP contribution >= 0.6 is 0 Å². The van der Waals surface area contributed by atoms with Gasteiger partial charge in [-0.3, -0.25) is 29.4 Å². The smallest absolute Gasteiger partial charge is 0.310 e. The van der Waals surface area contributed by atoms with Crippen molar-refractivity contribution in [2.24, 2.45) is 5.41 Å². The molecule has 2 aromatic rings. The first-order valence-corrected chi connectivity index (χ1v) is 9.99. The van der Waals surface area contributed by atoms with Gasteiger partial charge in [-0.15, -0.1) is 0 Å². The summed E-state index contributed by atoms with van der Waals surface area (Å²) in [6.07, 6.45) is 4.36. The molecule has 0 saturated carbocycles. The molecule has 1 spiro atoms. The average molecular weight is 402 g/mol. The van der Waals surface area contributed by atoms with Gasteiger partial charge in [0, 0.05) is 49.7 Å². The van der Waals surface area contributed by atoms with Crippen molar-refractivity contribution in [3.8, 4) is 0 Å². The van der Waals surface area contributed by atoms with Crippen LogP contribution in [0, 0.1) is 5.41 Å². The molecular weight excluding hydrogens is 376 g/mol. The van der Waals surface area contributed by atoms with E-state index in [9.17, 15) is 19.2 Å². The van der Waals surface area contributed by atoms with Crippen LogP contribution < -0.4 is 22.5 Å². The first-order valence-electron chi connectivity index (χ1n) is 9.99. The van der Waals surface area contributed by atoms with Gasteiger partial charge in [-0.05, 0) is 44.2 Å². The highest BCUT2D eigenvalue weighted by molar-refractivity contribution is 5.02. The minimum Gasteiger partial charge on any atom is -0.310 e. The number of hydrogen-bond acceptors (Lipinski definition) is 6. The zero-order valence-electron chi connectivity index (χ0n) is 16.3. The van der Waals surface area contributed by atoms with Gasteiger partial charge in [0.25, 0.3) is 11.1 Å². The molecule has 156 valence electrons. The van der Waals surface area contributed by atoms with Crippen LogP contribution in [0.5, 0.6) is 0 Å². The quantitative estimate of drug-likeness (QED) is 0.535. The van der Waals surface area contributed by atoms with E-state index < -0.39 is 11.4 Å². The number of aromatic amines is 4. The predicted octanol–water partition coefficient (Wildman–Crippen LogP) is -0.682. The molecule has 2 aliphatic heterocycles. The monoisotopic (exact) mass is 402 g/mol. The fourth-order valence-corrected chi connectivity index (χ4v) is 4.91. The van der Waals surface area contributed by atoms with Crippen molar-refractivity contribution in [2.75, 3.05) is 26.2 Å². The summed E-state index contributed by atoms with van der Waals surface area (Å²) in [5, 5.41) is 0. The highest BCUT2D eigenvalue weighted by Gasteiger charge is 2.39. The molecule has 0 bridgehead atoms. The standard InChI is InChI=1S/C19H26N6O4/c26-15-7-13(20-17(28)22-15)9-24-5-1-3-19(11-24)4-2-6-25(12-19)10-14-8-16(27)23-18(29)21-14/h7-8H,1-6,9-12H2,(H2,20,22,26,28)(H2,21,23,27,29). The number of likely N-dealkylation sites (tertiary alicyclic amines) is 2. The van der Waals surface area contributed by atoms with Gasteiger partial charge in [0.1, 0.15) is 0 Å². The number of H-pyrrole nitrogens is 4. The van der Waals surface area contributed by atoms with Crippen LogP contribution in [0.2, 0.25) is 0 Å². The van der Waals surface area contributed by atoms with Crippen LogP contribution in [0.4, 0.5) is 0 Å². The van der Waals surface area contributed by atoms with Crippen LogP contribution in [0.25, 0.3) is 0 Å². The number of piperidine rings is 2. The Morgan fingerprint density at radius 1 is 0.724 bits per heavy atom. The van der Waals surface area contributed by atoms with E-state index in [2.05, 4.69) is 29.7 Å². The Kier molecular flexibility index (Phi) is 5.37. The molecule has 0 aliphatic carbocycles. The molecule has 29 heavy (non-hydrogen) atoms. The number of aromatic nitrogens is 4. The summed E-state index contributed by atoms with van der Waals surface area (Å²) in [5.41, 5.74) is -0.323. The van der Waals surface area contributed by atoms with Crippen molar-refractivity contribution < 1.29 is 0 Å². The minimum absolute atomic E-state index is 0.138. The SMILES string of the molecule is O=c1cc(CN2CCCC3(CCCN(Cc4cc(=O)[nH]c(=O)[nH]4)C3)C2)[nH]c(=O)[nH]1. The van der Waals surface area contributed by atoms with Crippen molar-refractivity contribution >= 4 is 0 Å². The van der Waals surface area contributed by atoms with E-state index in [-0.39, 0.29) is 16.5 Å². The van der Waals surface area contributed by atoms with Crippen LogP contribution in [0.3, 0.4) is 0 Å². The molecule has 10 heteroatoms. The summed E-state index contributed by atoms with van der Waals surface area (Å²) in [4.78, 5) is 60.6. The molecule has 2 saturated heterocycles. The Hall–Kier alpha value is -2.72. The predicted molar refractivity (Wildman–Crippen MR) is 107 cm³/mol. The van der Waals surface area contributed by atoms with Crippen LogP contribution in [-0.2, 0) is 13.1 Å². The van der Waals surface area contributed by atoms with Gasteiger partial charge in [-0.25, -0.2) is 9.59 Å². The second-order valence-corrected chi connectivity index (χ2v) is 8.35. The molecule has 4 heterocycles. The molecule has 2 fully saturated rings. The second kappa shape index (κ2) is 7.96. The molecule has 0 unspecified atom stereocenters. The van der Waals surface area contributed by atoms with Gasteiger partial charge in [0.05, 0.1) is 0 Å². The van der Waals surface area contributed by atoms with E-state index in [1.807, 2.05) is 0 Å². The summed E-state index contributed by atoms with van der Waals surface area (Å²) in [7, 11) is 0. The van der Waals surface area contributed by atoms with E-state index in [1.54, 1.807) is 0 Å². The van der Waals surface area contributed by atoms with E-state index in [0.717, 1.165) is 51.9 Å². The number of hydrogen-bond donors (Lipinski definition) is 4. The second-order valence-electron chi connectivity index (χ2n) is 8.35. The van der Waals surface area contributed by atoms with E-state index in [1.165, 1.54) is 12.1 Å². The maximum Gasteiger partial charge on any atom is 0.325 e. The average Bonchev–Trinajstić information content (AvgIpc) is 2.60. The third kappa shape index (κ3) is 4.83. The molecule has 2 aliphatic rings. The van der Waals surface area contributed by atoms with Crippen molar-refractivity contribution in [3.05, 3.63) is 65.2 Å². The van der Waals surface area contributed by atoms with Crippen LogP contribution in [-0.4, -0.2) is 55.9 Å². The van der Waals surface area contributed by atoms with Crippen LogP contribution in [0.1, 0.15) is 37.1 Å². The lowest BCUT2D eigenvalue weighted by atomic mass is 9.73. The van der Waals surface area contributed by atoms with E-state index >= 15 is 0 Å². The van der Waals surface area contributed by atoms with Gasteiger partial charge >= 0.3 is 11.4 Å². The molecular formula is C19H26N6O4. The van der Waals surface area contributed by atoms with Gasteiger partial charge < -0.3 is 9.97 Å². The molecule has 0 radical (unpaired) electrons. The minimum atomic E-state index is -0.477. The summed E-state index contributed by atoms with van der Waals surface area (Å²) < 4.78 is 0. The Morgan fingerprint density at radius 3 is 1.59 bits per heavy atom. The zero-order valence-corrected chi connectivity index (χ0v) is 16.3. The molecule has 4 rings (SSSR count). The number of rotatable bonds is 4. The van der Waals surface area contributed by atoms with Crippen molar-refractivity contribution in [1.82, 2.24) is 29.7 Å². The Labute approximate surface area is 166 Å². The summed E-state index contributed by atoms with van der Waals surface area (Å²) >= 11 is 0. The summed E-state index contributed by atoms with van der Waals surface area (Å²) in [6, 6.07) is 2.89. The molecule has 0 atom stereocenters. The maximum absolute atomic E-state index is 11.6. The molecule has 0 amide bonds. The third-order valence-corrected chi connectivity index (χ3v) is 5.90. The Balaban J connectivity index is 1.45. The largest absolute Gasteiger partial charge is 0.325 e. The fourth-order valence-electron chi connectivity index (χ4n) is 4.91. The lowest BCUT2D eigenvalue weighted by molar-refractivity contribution is 0.00689. The lowest BCUT2D eigenvalue weighted by Gasteiger charge is -2.48. The van der Waals surface area contributed by atoms with Crippen molar-refractivity contribution in [3.63, 3.8) is 0 Å². The van der Waals surface area contributed by atoms with Crippen molar-refractivity contribution in [2.45, 2.75) is 38.8 Å². The molecule has 4 N–H and O–H groups in total. The van der Waals surface area contributed by atoms with Gasteiger partial charge in [0.15, 0.2) is 0 Å². The number of nitrogens with one attached hydrogen (secondary N) is 4. The maximum atomic E-state index is 11.6. The van der Waals surface area contributed by atoms with E-state index in [4.69, 9.17) is 0 Å². The normalized spacial score (nSPS) is 20.1. The Bertz CT molecular complexity index is 953. The highest BCUT2D eigenvalue weighted by atomic mass is 16.2. The van der Waals surface area contributed by atoms with Gasteiger partial charge in [-0.1, -0.05) is 0 Å². The Morgan fingerprint density at radius 2 is 1.17 bits per heavy atom. The zero-order chi connectivity index (χ0) is 20.4.